The standard InChI is InChI=1S/C21H26ClFO6/c1-18-7-13(22)14(25)5-10(18)3-4-11-12-6-15(26)21(29,17(28)9-24)19(12,2)8-16(27)20(11,18)23/h5,7,11-12,15-16,24,26-27,29H,3-4,6,8-9H2,1-2H3/t11-,12-,15+,16-,18-,19-,20?,21-/m0/s1. The lowest BCUT2D eigenvalue weighted by molar-refractivity contribution is -0.222. The summed E-state index contributed by atoms with van der Waals surface area (Å²) in [6.07, 6.45) is 0.0872. The lowest BCUT2D eigenvalue weighted by Crippen LogP contribution is -2.69. The maximum atomic E-state index is 16.9. The van der Waals surface area contributed by atoms with Crippen molar-refractivity contribution in [2.45, 2.75) is 63.0 Å². The molecule has 4 rings (SSSR count). The molecule has 4 N–H and O–H groups in total. The predicted octanol–water partition coefficient (Wildman–Crippen LogP) is 1.19. The van der Waals surface area contributed by atoms with Gasteiger partial charge < -0.3 is 20.4 Å². The normalized spacial score (nSPS) is 51.5. The van der Waals surface area contributed by atoms with Crippen LogP contribution in [0.3, 0.4) is 0 Å². The van der Waals surface area contributed by atoms with E-state index < -0.39 is 64.3 Å². The van der Waals surface area contributed by atoms with Gasteiger partial charge in [0.15, 0.2) is 22.8 Å². The summed E-state index contributed by atoms with van der Waals surface area (Å²) >= 11 is 6.05. The third kappa shape index (κ3) is 2.26. The van der Waals surface area contributed by atoms with Crippen molar-refractivity contribution in [1.82, 2.24) is 0 Å². The molecule has 29 heavy (non-hydrogen) atoms. The SMILES string of the molecule is C[C@]12C=C(Cl)C(=O)C=C1CC[C@H]1[C@@H]3C[C@@H](O)[C@](O)(C(=O)CO)[C@@]3(C)C[C@H](O)C12F. The summed E-state index contributed by atoms with van der Waals surface area (Å²) in [7, 11) is 0. The lowest BCUT2D eigenvalue weighted by atomic mass is 9.44. The van der Waals surface area contributed by atoms with E-state index in [1.807, 2.05) is 0 Å². The Morgan fingerprint density at radius 3 is 2.55 bits per heavy atom. The topological polar surface area (TPSA) is 115 Å². The Morgan fingerprint density at radius 2 is 1.93 bits per heavy atom. The molecule has 0 saturated heterocycles. The predicted molar refractivity (Wildman–Crippen MR) is 102 cm³/mol. The van der Waals surface area contributed by atoms with Gasteiger partial charge in [-0.15, -0.1) is 0 Å². The van der Waals surface area contributed by atoms with Crippen LogP contribution in [0.2, 0.25) is 0 Å². The summed E-state index contributed by atoms with van der Waals surface area (Å²) in [4.78, 5) is 24.4. The molecule has 160 valence electrons. The molecule has 4 aliphatic carbocycles. The number of Topliss-reactive ketones (excluding diaryl/α,β-unsaturated/α-hetero) is 1. The Morgan fingerprint density at radius 1 is 1.28 bits per heavy atom. The van der Waals surface area contributed by atoms with E-state index in [1.54, 1.807) is 13.8 Å². The van der Waals surface area contributed by atoms with Gasteiger partial charge in [0.05, 0.1) is 17.2 Å². The third-order valence-corrected chi connectivity index (χ3v) is 8.78. The molecule has 8 heteroatoms. The molecule has 6 nitrogen and oxygen atoms in total. The minimum absolute atomic E-state index is 0.0205. The second kappa shape index (κ2) is 6.20. The van der Waals surface area contributed by atoms with Crippen molar-refractivity contribution in [2.24, 2.45) is 22.7 Å². The lowest BCUT2D eigenvalue weighted by Gasteiger charge is -2.62. The second-order valence-corrected chi connectivity index (χ2v) is 9.89. The minimum Gasteiger partial charge on any atom is -0.390 e. The van der Waals surface area contributed by atoms with E-state index in [9.17, 15) is 30.0 Å². The molecule has 0 bridgehead atoms. The van der Waals surface area contributed by atoms with E-state index in [4.69, 9.17) is 11.6 Å². The van der Waals surface area contributed by atoms with Gasteiger partial charge in [-0.1, -0.05) is 24.1 Å². The first-order valence-electron chi connectivity index (χ1n) is 9.93. The van der Waals surface area contributed by atoms with Gasteiger partial charge in [0, 0.05) is 16.7 Å². The summed E-state index contributed by atoms with van der Waals surface area (Å²) in [5.74, 6) is -2.70. The molecule has 0 amide bonds. The molecular weight excluding hydrogens is 403 g/mol. The minimum atomic E-state index is -2.26. The Labute approximate surface area is 173 Å². The number of aliphatic hydroxyl groups is 4. The smallest absolute Gasteiger partial charge is 0.196 e. The van der Waals surface area contributed by atoms with Gasteiger partial charge in [0.2, 0.25) is 0 Å². The van der Waals surface area contributed by atoms with E-state index >= 15 is 4.39 Å². The fourth-order valence-corrected chi connectivity index (χ4v) is 7.17. The Bertz CT molecular complexity index is 856. The number of carbonyl (C=O) groups is 2. The van der Waals surface area contributed by atoms with Crippen molar-refractivity contribution in [3.8, 4) is 0 Å². The first-order chi connectivity index (χ1) is 13.4. The number of fused-ring (bicyclic) bond motifs is 5. The molecule has 8 atom stereocenters. The molecule has 0 spiro atoms. The van der Waals surface area contributed by atoms with Gasteiger partial charge in [0.1, 0.15) is 6.61 Å². The fourth-order valence-electron chi connectivity index (χ4n) is 6.90. The van der Waals surface area contributed by atoms with Crippen LogP contribution < -0.4 is 0 Å². The summed E-state index contributed by atoms with van der Waals surface area (Å²) < 4.78 is 16.9. The van der Waals surface area contributed by atoms with Crippen molar-refractivity contribution in [3.63, 3.8) is 0 Å². The Hall–Kier alpha value is -1.12. The van der Waals surface area contributed by atoms with Gasteiger partial charge in [0.25, 0.3) is 0 Å². The largest absolute Gasteiger partial charge is 0.390 e. The molecule has 3 fully saturated rings. The number of hydrogen-bond donors (Lipinski definition) is 4. The van der Waals surface area contributed by atoms with Crippen molar-refractivity contribution in [1.29, 1.82) is 0 Å². The van der Waals surface area contributed by atoms with Crippen molar-refractivity contribution in [3.05, 3.63) is 22.8 Å². The average Bonchev–Trinajstić information content (AvgIpc) is 2.85. The fraction of sp³-hybridized carbons (Fsp3) is 0.714. The Kier molecular flexibility index (Phi) is 4.52. The van der Waals surface area contributed by atoms with Crippen LogP contribution in [0, 0.1) is 22.7 Å². The third-order valence-electron chi connectivity index (χ3n) is 8.49. The van der Waals surface area contributed by atoms with Gasteiger partial charge in [-0.2, -0.15) is 0 Å². The van der Waals surface area contributed by atoms with Gasteiger partial charge in [-0.3, -0.25) is 9.59 Å². The quantitative estimate of drug-likeness (QED) is 0.525. The van der Waals surface area contributed by atoms with Crippen molar-refractivity contribution in [2.75, 3.05) is 6.61 Å². The number of alkyl halides is 1. The van der Waals surface area contributed by atoms with Crippen LogP contribution in [-0.2, 0) is 9.59 Å². The first-order valence-corrected chi connectivity index (χ1v) is 10.3. The molecule has 4 aliphatic rings. The first kappa shape index (κ1) is 21.1. The molecule has 0 aromatic rings. The number of hydrogen-bond acceptors (Lipinski definition) is 6. The van der Waals surface area contributed by atoms with Crippen molar-refractivity contribution < 1.29 is 34.4 Å². The highest BCUT2D eigenvalue weighted by Gasteiger charge is 2.76. The van der Waals surface area contributed by atoms with Crippen LogP contribution >= 0.6 is 11.6 Å². The van der Waals surface area contributed by atoms with Crippen molar-refractivity contribution >= 4 is 23.2 Å². The van der Waals surface area contributed by atoms with Gasteiger partial charge in [-0.05, 0) is 50.7 Å². The van der Waals surface area contributed by atoms with Crippen LogP contribution in [0.4, 0.5) is 4.39 Å². The molecule has 0 radical (unpaired) electrons. The molecular formula is C21H26ClFO6. The molecule has 0 aliphatic heterocycles. The molecule has 3 saturated carbocycles. The van der Waals surface area contributed by atoms with Crippen LogP contribution in [0.25, 0.3) is 0 Å². The van der Waals surface area contributed by atoms with Crippen LogP contribution in [-0.4, -0.2) is 62.1 Å². The maximum Gasteiger partial charge on any atom is 0.196 e. The summed E-state index contributed by atoms with van der Waals surface area (Å²) in [6.45, 7) is 2.23. The molecule has 1 unspecified atom stereocenters. The van der Waals surface area contributed by atoms with E-state index in [0.29, 0.717) is 18.4 Å². The highest BCUT2D eigenvalue weighted by Crippen LogP contribution is 2.69. The second-order valence-electron chi connectivity index (χ2n) is 9.48. The molecule has 0 aromatic carbocycles. The number of ketones is 2. The average molecular weight is 429 g/mol. The highest BCUT2D eigenvalue weighted by atomic mass is 35.5. The van der Waals surface area contributed by atoms with E-state index in [2.05, 4.69) is 0 Å². The summed E-state index contributed by atoms with van der Waals surface area (Å²) in [5.41, 5.74) is -6.50. The molecule has 0 aromatic heterocycles. The summed E-state index contributed by atoms with van der Waals surface area (Å²) in [6, 6.07) is 0. The van der Waals surface area contributed by atoms with E-state index in [-0.39, 0.29) is 17.9 Å². The number of rotatable bonds is 2. The van der Waals surface area contributed by atoms with Gasteiger partial charge in [-0.25, -0.2) is 4.39 Å². The van der Waals surface area contributed by atoms with E-state index in [1.165, 1.54) is 12.2 Å². The van der Waals surface area contributed by atoms with E-state index in [0.717, 1.165) is 0 Å². The zero-order chi connectivity index (χ0) is 21.6. The highest BCUT2D eigenvalue weighted by molar-refractivity contribution is 6.44. The summed E-state index contributed by atoms with van der Waals surface area (Å²) in [5, 5.41) is 42.1. The number of allylic oxidation sites excluding steroid dienone is 4. The number of aliphatic hydroxyl groups excluding tert-OH is 3. The van der Waals surface area contributed by atoms with Crippen LogP contribution in [0.1, 0.15) is 39.5 Å². The number of halogens is 2. The van der Waals surface area contributed by atoms with Crippen LogP contribution in [0.5, 0.6) is 0 Å². The molecule has 0 heterocycles. The number of carbonyl (C=O) groups excluding carboxylic acids is 2. The van der Waals surface area contributed by atoms with Crippen LogP contribution in [0.15, 0.2) is 22.8 Å². The Balaban J connectivity index is 1.85. The maximum absolute atomic E-state index is 16.9. The zero-order valence-corrected chi connectivity index (χ0v) is 17.1. The zero-order valence-electron chi connectivity index (χ0n) is 16.4. The van der Waals surface area contributed by atoms with Gasteiger partial charge >= 0.3 is 0 Å². The monoisotopic (exact) mass is 428 g/mol.